The molecule has 1 amide bonds. The molecule has 1 fully saturated rings. The second-order valence-electron chi connectivity index (χ2n) is 5.31. The Hall–Kier alpha value is -2.64. The van der Waals surface area contributed by atoms with Crippen molar-refractivity contribution in [3.63, 3.8) is 0 Å². The molecule has 1 aliphatic heterocycles. The largest absolute Gasteiger partial charge is 0.353 e. The Kier molecular flexibility index (Phi) is 4.40. The lowest BCUT2D eigenvalue weighted by Crippen LogP contribution is -2.48. The summed E-state index contributed by atoms with van der Waals surface area (Å²) in [6.45, 7) is 1.36. The molecule has 1 aliphatic rings. The summed E-state index contributed by atoms with van der Waals surface area (Å²) in [4.78, 5) is 25.9. The van der Waals surface area contributed by atoms with Gasteiger partial charge in [-0.25, -0.2) is 18.7 Å². The smallest absolute Gasteiger partial charge is 0.273 e. The molecule has 120 valence electrons. The van der Waals surface area contributed by atoms with E-state index in [9.17, 15) is 13.6 Å². The van der Waals surface area contributed by atoms with Crippen molar-refractivity contribution < 1.29 is 13.6 Å². The maximum atomic E-state index is 13.6. The fraction of sp³-hybridized carbons (Fsp3) is 0.333. The monoisotopic (exact) mass is 319 g/mol. The zero-order valence-corrected chi connectivity index (χ0v) is 12.2. The van der Waals surface area contributed by atoms with Crippen LogP contribution in [-0.2, 0) is 0 Å². The number of nitrogens with one attached hydrogen (secondary N) is 1. The molecule has 2 aromatic rings. The van der Waals surface area contributed by atoms with Gasteiger partial charge in [0.15, 0.2) is 11.5 Å². The third-order valence-electron chi connectivity index (χ3n) is 3.65. The molecule has 8 heteroatoms. The van der Waals surface area contributed by atoms with Crippen molar-refractivity contribution in [2.45, 2.75) is 18.9 Å². The number of carbonyl (C=O) groups is 1. The first-order valence-corrected chi connectivity index (χ1v) is 7.26. The van der Waals surface area contributed by atoms with Gasteiger partial charge in [-0.3, -0.25) is 9.78 Å². The van der Waals surface area contributed by atoms with E-state index in [2.05, 4.69) is 20.3 Å². The van der Waals surface area contributed by atoms with Crippen molar-refractivity contribution in [1.29, 1.82) is 0 Å². The van der Waals surface area contributed by atoms with Crippen LogP contribution in [0.25, 0.3) is 0 Å². The van der Waals surface area contributed by atoms with Crippen molar-refractivity contribution in [3.8, 4) is 0 Å². The van der Waals surface area contributed by atoms with Crippen LogP contribution in [0.3, 0.4) is 0 Å². The van der Waals surface area contributed by atoms with Gasteiger partial charge >= 0.3 is 0 Å². The number of aromatic nitrogens is 3. The van der Waals surface area contributed by atoms with Gasteiger partial charge in [0.05, 0.1) is 12.4 Å². The molecule has 0 bridgehead atoms. The second-order valence-corrected chi connectivity index (χ2v) is 5.31. The molecule has 0 spiro atoms. The highest BCUT2D eigenvalue weighted by atomic mass is 19.1. The van der Waals surface area contributed by atoms with Crippen LogP contribution >= 0.6 is 0 Å². The molecule has 0 aliphatic carbocycles. The molecule has 23 heavy (non-hydrogen) atoms. The Balaban J connectivity index is 1.66. The van der Waals surface area contributed by atoms with Crippen LogP contribution in [0.5, 0.6) is 0 Å². The molecule has 1 atom stereocenters. The Bertz CT molecular complexity index is 698. The minimum absolute atomic E-state index is 0.162. The molecule has 1 N–H and O–H groups in total. The molecule has 0 aromatic carbocycles. The van der Waals surface area contributed by atoms with Crippen molar-refractivity contribution in [2.24, 2.45) is 0 Å². The Morgan fingerprint density at radius 2 is 2.13 bits per heavy atom. The van der Waals surface area contributed by atoms with Crippen LogP contribution < -0.4 is 10.2 Å². The topological polar surface area (TPSA) is 71.0 Å². The van der Waals surface area contributed by atoms with Crippen LogP contribution in [0.2, 0.25) is 0 Å². The molecule has 1 unspecified atom stereocenters. The van der Waals surface area contributed by atoms with Gasteiger partial charge in [-0.2, -0.15) is 0 Å². The van der Waals surface area contributed by atoms with Crippen molar-refractivity contribution >= 4 is 11.7 Å². The molecule has 2 aromatic heterocycles. The predicted octanol–water partition coefficient (Wildman–Crippen LogP) is 1.55. The molecular weight excluding hydrogens is 304 g/mol. The summed E-state index contributed by atoms with van der Waals surface area (Å²) in [7, 11) is 0. The van der Waals surface area contributed by atoms with E-state index < -0.39 is 23.2 Å². The van der Waals surface area contributed by atoms with E-state index in [1.807, 2.05) is 4.90 Å². The molecule has 0 saturated carbocycles. The van der Waals surface area contributed by atoms with Crippen molar-refractivity contribution in [1.82, 2.24) is 20.3 Å². The fourth-order valence-corrected chi connectivity index (χ4v) is 2.59. The summed E-state index contributed by atoms with van der Waals surface area (Å²) in [5.41, 5.74) is -0.400. The number of halogens is 2. The second kappa shape index (κ2) is 6.64. The summed E-state index contributed by atoms with van der Waals surface area (Å²) < 4.78 is 26.5. The van der Waals surface area contributed by atoms with Crippen LogP contribution in [0.1, 0.15) is 23.3 Å². The van der Waals surface area contributed by atoms with Gasteiger partial charge in [-0.15, -0.1) is 0 Å². The van der Waals surface area contributed by atoms with E-state index >= 15 is 0 Å². The Morgan fingerprint density at radius 1 is 1.26 bits per heavy atom. The molecule has 3 rings (SSSR count). The highest BCUT2D eigenvalue weighted by Gasteiger charge is 2.24. The number of rotatable bonds is 3. The van der Waals surface area contributed by atoms with E-state index in [1.165, 1.54) is 0 Å². The summed E-state index contributed by atoms with van der Waals surface area (Å²) in [5.74, 6) is -1.69. The van der Waals surface area contributed by atoms with Gasteiger partial charge in [-0.1, -0.05) is 0 Å². The first-order chi connectivity index (χ1) is 11.1. The van der Waals surface area contributed by atoms with Crippen LogP contribution in [0.15, 0.2) is 30.9 Å². The van der Waals surface area contributed by atoms with Crippen LogP contribution in [0.4, 0.5) is 14.6 Å². The predicted molar refractivity (Wildman–Crippen MR) is 78.9 cm³/mol. The quantitative estimate of drug-likeness (QED) is 0.929. The number of hydrogen-bond acceptors (Lipinski definition) is 5. The van der Waals surface area contributed by atoms with Gasteiger partial charge in [-0.05, 0) is 12.8 Å². The zero-order valence-electron chi connectivity index (χ0n) is 12.2. The van der Waals surface area contributed by atoms with Gasteiger partial charge in [0.2, 0.25) is 0 Å². The van der Waals surface area contributed by atoms with Gasteiger partial charge in [0.1, 0.15) is 11.6 Å². The highest BCUT2D eigenvalue weighted by Crippen LogP contribution is 2.17. The van der Waals surface area contributed by atoms with E-state index in [4.69, 9.17) is 0 Å². The standard InChI is InChI=1S/C15H15F2N5O/c16-10-6-12(17)14(20-7-10)15(23)21-11-2-1-5-22(9-11)13-8-18-3-4-19-13/h3-4,6-8,11H,1-2,5,9H2,(H,21,23). The lowest BCUT2D eigenvalue weighted by molar-refractivity contribution is 0.0923. The number of amides is 1. The Labute approximate surface area is 131 Å². The average Bonchev–Trinajstić information content (AvgIpc) is 2.56. The number of pyridine rings is 1. The van der Waals surface area contributed by atoms with E-state index in [1.54, 1.807) is 18.6 Å². The summed E-state index contributed by atoms with van der Waals surface area (Å²) >= 11 is 0. The summed E-state index contributed by atoms with van der Waals surface area (Å²) in [6, 6.07) is 0.485. The maximum Gasteiger partial charge on any atom is 0.273 e. The number of hydrogen-bond donors (Lipinski definition) is 1. The first kappa shape index (κ1) is 15.3. The van der Waals surface area contributed by atoms with E-state index in [0.717, 1.165) is 31.4 Å². The third kappa shape index (κ3) is 3.58. The van der Waals surface area contributed by atoms with Crippen molar-refractivity contribution in [3.05, 3.63) is 48.2 Å². The SMILES string of the molecule is O=C(NC1CCCN(c2cnccn2)C1)c1ncc(F)cc1F. The molecule has 1 saturated heterocycles. The number of carbonyl (C=O) groups excluding carboxylic acids is 1. The van der Waals surface area contributed by atoms with Gasteiger partial charge in [0, 0.05) is 37.6 Å². The lowest BCUT2D eigenvalue weighted by atomic mass is 10.1. The minimum Gasteiger partial charge on any atom is -0.353 e. The normalized spacial score (nSPS) is 17.8. The minimum atomic E-state index is -0.968. The number of anilines is 1. The first-order valence-electron chi connectivity index (χ1n) is 7.26. The molecule has 0 radical (unpaired) electrons. The molecule has 3 heterocycles. The molecular formula is C15H15F2N5O. The van der Waals surface area contributed by atoms with Crippen LogP contribution in [-0.4, -0.2) is 40.0 Å². The maximum absolute atomic E-state index is 13.6. The van der Waals surface area contributed by atoms with Crippen LogP contribution in [0, 0.1) is 11.6 Å². The average molecular weight is 319 g/mol. The highest BCUT2D eigenvalue weighted by molar-refractivity contribution is 5.92. The van der Waals surface area contributed by atoms with Crippen molar-refractivity contribution in [2.75, 3.05) is 18.0 Å². The molecule has 6 nitrogen and oxygen atoms in total. The third-order valence-corrected chi connectivity index (χ3v) is 3.65. The number of nitrogens with zero attached hydrogens (tertiary/aromatic N) is 4. The van der Waals surface area contributed by atoms with E-state index in [-0.39, 0.29) is 6.04 Å². The lowest BCUT2D eigenvalue weighted by Gasteiger charge is -2.33. The zero-order chi connectivity index (χ0) is 16.2. The fourth-order valence-electron chi connectivity index (χ4n) is 2.59. The van der Waals surface area contributed by atoms with Gasteiger partial charge < -0.3 is 10.2 Å². The Morgan fingerprint density at radius 3 is 2.87 bits per heavy atom. The van der Waals surface area contributed by atoms with E-state index in [0.29, 0.717) is 12.6 Å². The van der Waals surface area contributed by atoms with Gasteiger partial charge in [0.25, 0.3) is 5.91 Å². The summed E-state index contributed by atoms with van der Waals surface area (Å²) in [6.07, 6.45) is 7.31. The number of piperidine rings is 1. The summed E-state index contributed by atoms with van der Waals surface area (Å²) in [5, 5.41) is 2.74.